The molecule has 0 radical (unpaired) electrons. The fourth-order valence-corrected chi connectivity index (χ4v) is 2.26. The molecule has 0 aliphatic rings. The molecule has 0 aliphatic carbocycles. The molecule has 88 valence electrons. The van der Waals surface area contributed by atoms with Gasteiger partial charge in [0.2, 0.25) is 0 Å². The number of anilines is 2. The predicted molar refractivity (Wildman–Crippen MR) is 75.1 cm³/mol. The number of nitrogens with one attached hydrogen (secondary N) is 1. The van der Waals surface area contributed by atoms with E-state index in [1.54, 1.807) is 0 Å². The van der Waals surface area contributed by atoms with E-state index in [1.807, 2.05) is 0 Å². The molecule has 2 rings (SSSR count). The van der Waals surface area contributed by atoms with Crippen LogP contribution in [0.3, 0.4) is 0 Å². The van der Waals surface area contributed by atoms with Gasteiger partial charge in [-0.1, -0.05) is 12.1 Å². The van der Waals surface area contributed by atoms with Gasteiger partial charge in [0.1, 0.15) is 0 Å². The van der Waals surface area contributed by atoms with Crippen molar-refractivity contribution in [1.82, 2.24) is 0 Å². The third-order valence-electron chi connectivity index (χ3n) is 2.73. The number of hydrogen-bond donors (Lipinski definition) is 1. The molecular weight excluding hydrogens is 206 g/mol. The first-order valence-corrected chi connectivity index (χ1v) is 5.96. The van der Waals surface area contributed by atoms with Crippen molar-refractivity contribution < 1.29 is 0 Å². The highest BCUT2D eigenvalue weighted by molar-refractivity contribution is 5.62. The highest BCUT2D eigenvalue weighted by atomic mass is 14.9. The van der Waals surface area contributed by atoms with Gasteiger partial charge in [-0.25, -0.2) is 0 Å². The van der Waals surface area contributed by atoms with E-state index in [9.17, 15) is 0 Å². The molecule has 0 aromatic heterocycles. The second-order valence-electron chi connectivity index (χ2n) is 4.88. The minimum atomic E-state index is 1.16. The van der Waals surface area contributed by atoms with Crippen LogP contribution >= 0.6 is 0 Å². The molecule has 2 aromatic carbocycles. The summed E-state index contributed by atoms with van der Waals surface area (Å²) in [6.07, 6.45) is 0. The third-order valence-corrected chi connectivity index (χ3v) is 2.73. The van der Waals surface area contributed by atoms with Gasteiger partial charge in [0.25, 0.3) is 0 Å². The topological polar surface area (TPSA) is 12.0 Å². The van der Waals surface area contributed by atoms with E-state index < -0.39 is 0 Å². The van der Waals surface area contributed by atoms with E-state index in [-0.39, 0.29) is 0 Å². The summed E-state index contributed by atoms with van der Waals surface area (Å²) in [6.45, 7) is 8.50. The van der Waals surface area contributed by atoms with Crippen molar-refractivity contribution >= 4 is 11.4 Å². The Kier molecular flexibility index (Phi) is 3.19. The average molecular weight is 225 g/mol. The second-order valence-corrected chi connectivity index (χ2v) is 4.88. The predicted octanol–water partition coefficient (Wildman–Crippen LogP) is 4.66. The van der Waals surface area contributed by atoms with Crippen LogP contribution in [0.5, 0.6) is 0 Å². The van der Waals surface area contributed by atoms with Gasteiger partial charge in [0, 0.05) is 11.4 Å². The minimum Gasteiger partial charge on any atom is -0.355 e. The molecule has 0 atom stereocenters. The summed E-state index contributed by atoms with van der Waals surface area (Å²) in [7, 11) is 0. The van der Waals surface area contributed by atoms with Crippen molar-refractivity contribution in [3.8, 4) is 0 Å². The summed E-state index contributed by atoms with van der Waals surface area (Å²) >= 11 is 0. The molecule has 0 heterocycles. The molecule has 1 N–H and O–H groups in total. The summed E-state index contributed by atoms with van der Waals surface area (Å²) in [5.41, 5.74) is 7.47. The fraction of sp³-hybridized carbons (Fsp3) is 0.250. The quantitative estimate of drug-likeness (QED) is 0.783. The Labute approximate surface area is 103 Å². The van der Waals surface area contributed by atoms with Crippen LogP contribution < -0.4 is 5.32 Å². The first-order valence-electron chi connectivity index (χ1n) is 5.96. The second kappa shape index (κ2) is 4.62. The van der Waals surface area contributed by atoms with Crippen LogP contribution in [0.25, 0.3) is 0 Å². The molecule has 0 spiro atoms. The van der Waals surface area contributed by atoms with Crippen LogP contribution in [0.4, 0.5) is 11.4 Å². The molecule has 1 nitrogen and oxygen atoms in total. The Morgan fingerprint density at radius 1 is 0.529 bits per heavy atom. The number of rotatable bonds is 2. The standard InChI is InChI=1S/C16H19N/c1-11-5-12(2)8-15(7-11)17-16-9-13(3)6-14(4)10-16/h5-10,17H,1-4H3. The fourth-order valence-electron chi connectivity index (χ4n) is 2.26. The molecule has 1 heteroatoms. The van der Waals surface area contributed by atoms with E-state index >= 15 is 0 Å². The Morgan fingerprint density at radius 3 is 1.12 bits per heavy atom. The first kappa shape index (κ1) is 11.7. The van der Waals surface area contributed by atoms with E-state index in [2.05, 4.69) is 69.4 Å². The lowest BCUT2D eigenvalue weighted by molar-refractivity contribution is 1.35. The lowest BCUT2D eigenvalue weighted by Crippen LogP contribution is -1.93. The van der Waals surface area contributed by atoms with Gasteiger partial charge in [-0.15, -0.1) is 0 Å². The smallest absolute Gasteiger partial charge is 0.0389 e. The average Bonchev–Trinajstić information content (AvgIpc) is 2.13. The zero-order chi connectivity index (χ0) is 12.4. The lowest BCUT2D eigenvalue weighted by Gasteiger charge is -2.10. The zero-order valence-corrected chi connectivity index (χ0v) is 11.0. The molecule has 0 saturated carbocycles. The molecule has 17 heavy (non-hydrogen) atoms. The van der Waals surface area contributed by atoms with Crippen LogP contribution in [-0.4, -0.2) is 0 Å². The zero-order valence-electron chi connectivity index (χ0n) is 11.0. The summed E-state index contributed by atoms with van der Waals surface area (Å²) in [6, 6.07) is 13.1. The molecule has 0 saturated heterocycles. The summed E-state index contributed by atoms with van der Waals surface area (Å²) in [4.78, 5) is 0. The van der Waals surface area contributed by atoms with Gasteiger partial charge < -0.3 is 5.32 Å². The molecule has 0 unspecified atom stereocenters. The number of hydrogen-bond acceptors (Lipinski definition) is 1. The minimum absolute atomic E-state index is 1.16. The summed E-state index contributed by atoms with van der Waals surface area (Å²) < 4.78 is 0. The number of benzene rings is 2. The van der Waals surface area contributed by atoms with Gasteiger partial charge in [-0.05, 0) is 74.2 Å². The molecule has 0 bridgehead atoms. The lowest BCUT2D eigenvalue weighted by atomic mass is 10.1. The largest absolute Gasteiger partial charge is 0.355 e. The van der Waals surface area contributed by atoms with Crippen LogP contribution in [-0.2, 0) is 0 Å². The highest BCUT2D eigenvalue weighted by Gasteiger charge is 1.98. The van der Waals surface area contributed by atoms with Crippen molar-refractivity contribution in [3.05, 3.63) is 58.7 Å². The SMILES string of the molecule is Cc1cc(C)cc(Nc2cc(C)cc(C)c2)c1. The highest BCUT2D eigenvalue weighted by Crippen LogP contribution is 2.21. The van der Waals surface area contributed by atoms with Crippen molar-refractivity contribution in [1.29, 1.82) is 0 Å². The Hall–Kier alpha value is -1.76. The van der Waals surface area contributed by atoms with Gasteiger partial charge in [-0.2, -0.15) is 0 Å². The van der Waals surface area contributed by atoms with Crippen molar-refractivity contribution in [3.63, 3.8) is 0 Å². The van der Waals surface area contributed by atoms with Crippen LogP contribution in [0, 0.1) is 27.7 Å². The number of aryl methyl sites for hydroxylation is 4. The van der Waals surface area contributed by atoms with Gasteiger partial charge in [0.15, 0.2) is 0 Å². The third kappa shape index (κ3) is 3.10. The van der Waals surface area contributed by atoms with E-state index in [1.165, 1.54) is 22.3 Å². The van der Waals surface area contributed by atoms with E-state index in [4.69, 9.17) is 0 Å². The van der Waals surface area contributed by atoms with Crippen LogP contribution in [0.15, 0.2) is 36.4 Å². The van der Waals surface area contributed by atoms with Crippen LogP contribution in [0.1, 0.15) is 22.3 Å². The summed E-state index contributed by atoms with van der Waals surface area (Å²) in [5.74, 6) is 0. The van der Waals surface area contributed by atoms with Crippen molar-refractivity contribution in [2.75, 3.05) is 5.32 Å². The van der Waals surface area contributed by atoms with E-state index in [0.29, 0.717) is 0 Å². The molecular formula is C16H19N. The summed E-state index contributed by atoms with van der Waals surface area (Å²) in [5, 5.41) is 3.47. The van der Waals surface area contributed by atoms with Gasteiger partial charge in [0.05, 0.1) is 0 Å². The van der Waals surface area contributed by atoms with Crippen molar-refractivity contribution in [2.24, 2.45) is 0 Å². The van der Waals surface area contributed by atoms with E-state index in [0.717, 1.165) is 11.4 Å². The Morgan fingerprint density at radius 2 is 0.824 bits per heavy atom. The van der Waals surface area contributed by atoms with Gasteiger partial charge >= 0.3 is 0 Å². The van der Waals surface area contributed by atoms with Gasteiger partial charge in [-0.3, -0.25) is 0 Å². The molecule has 0 aliphatic heterocycles. The molecule has 0 fully saturated rings. The maximum atomic E-state index is 3.47. The molecule has 0 amide bonds. The monoisotopic (exact) mass is 225 g/mol. The Balaban J connectivity index is 2.31. The Bertz CT molecular complexity index is 451. The maximum absolute atomic E-state index is 3.47. The maximum Gasteiger partial charge on any atom is 0.0389 e. The first-order chi connectivity index (χ1) is 8.02. The van der Waals surface area contributed by atoms with Crippen molar-refractivity contribution in [2.45, 2.75) is 27.7 Å². The normalized spacial score (nSPS) is 10.4. The molecule has 2 aromatic rings. The van der Waals surface area contributed by atoms with Crippen LogP contribution in [0.2, 0.25) is 0 Å².